The summed E-state index contributed by atoms with van der Waals surface area (Å²) in [7, 11) is 1.57. The number of hydrogen-bond donors (Lipinski definition) is 2. The highest BCUT2D eigenvalue weighted by Crippen LogP contribution is 2.26. The number of carbonyl (C=O) groups is 1. The highest BCUT2D eigenvalue weighted by molar-refractivity contribution is 5.98. The van der Waals surface area contributed by atoms with E-state index >= 15 is 0 Å². The molecule has 0 saturated carbocycles. The van der Waals surface area contributed by atoms with Crippen molar-refractivity contribution >= 4 is 11.6 Å². The Hall–Kier alpha value is -1.62. The molecule has 2 heterocycles. The molecule has 1 aromatic rings. The van der Waals surface area contributed by atoms with Gasteiger partial charge in [-0.05, 0) is 31.9 Å². The van der Waals surface area contributed by atoms with Gasteiger partial charge in [-0.3, -0.25) is 4.79 Å². The molecule has 1 aliphatic heterocycles. The van der Waals surface area contributed by atoms with Gasteiger partial charge >= 0.3 is 0 Å². The Kier molecular flexibility index (Phi) is 4.37. The van der Waals surface area contributed by atoms with E-state index in [-0.39, 0.29) is 5.91 Å². The monoisotopic (exact) mass is 263 g/mol. The number of anilines is 1. The summed E-state index contributed by atoms with van der Waals surface area (Å²) < 4.78 is 5.00. The average molecular weight is 263 g/mol. The smallest absolute Gasteiger partial charge is 0.244 e. The zero-order valence-corrected chi connectivity index (χ0v) is 11.5. The van der Waals surface area contributed by atoms with Crippen LogP contribution in [0.1, 0.15) is 32.6 Å². The highest BCUT2D eigenvalue weighted by atomic mass is 16.5. The minimum absolute atomic E-state index is 0.0406. The van der Waals surface area contributed by atoms with Crippen LogP contribution >= 0.6 is 0 Å². The van der Waals surface area contributed by atoms with Crippen molar-refractivity contribution in [2.24, 2.45) is 0 Å². The van der Waals surface area contributed by atoms with Crippen LogP contribution in [0, 0.1) is 0 Å². The molecule has 1 amide bonds. The van der Waals surface area contributed by atoms with Crippen LogP contribution in [0.3, 0.4) is 0 Å². The number of rotatable bonds is 5. The lowest BCUT2D eigenvalue weighted by Gasteiger charge is -2.27. The summed E-state index contributed by atoms with van der Waals surface area (Å²) >= 11 is 0. The Balaban J connectivity index is 2.05. The second kappa shape index (κ2) is 6.02. The second-order valence-corrected chi connectivity index (χ2v) is 4.91. The standard InChI is InChI=1S/C14H21N3O2/c1-3-7-14(8-4-9-16-14)13(18)17-11-5-6-12(19-2)15-10-11/h5-6,10,16H,3-4,7-9H2,1-2H3,(H,17,18). The lowest BCUT2D eigenvalue weighted by atomic mass is 9.91. The van der Waals surface area contributed by atoms with E-state index in [1.54, 1.807) is 25.4 Å². The summed E-state index contributed by atoms with van der Waals surface area (Å²) in [6.45, 7) is 3.01. The summed E-state index contributed by atoms with van der Waals surface area (Å²) in [5.74, 6) is 0.582. The molecule has 1 unspecified atom stereocenters. The van der Waals surface area contributed by atoms with Crippen LogP contribution in [0.5, 0.6) is 5.88 Å². The normalized spacial score (nSPS) is 22.2. The molecule has 19 heavy (non-hydrogen) atoms. The van der Waals surface area contributed by atoms with E-state index in [4.69, 9.17) is 4.74 Å². The summed E-state index contributed by atoms with van der Waals surface area (Å²) in [6, 6.07) is 3.54. The third-order valence-corrected chi connectivity index (χ3v) is 3.56. The quantitative estimate of drug-likeness (QED) is 0.852. The van der Waals surface area contributed by atoms with Crippen molar-refractivity contribution in [2.75, 3.05) is 19.0 Å². The fourth-order valence-electron chi connectivity index (χ4n) is 2.58. The highest BCUT2D eigenvalue weighted by Gasteiger charge is 2.39. The molecule has 0 spiro atoms. The molecule has 0 aromatic carbocycles. The van der Waals surface area contributed by atoms with Gasteiger partial charge in [-0.15, -0.1) is 0 Å². The molecule has 1 atom stereocenters. The fourth-order valence-corrected chi connectivity index (χ4v) is 2.58. The molecule has 1 fully saturated rings. The van der Waals surface area contributed by atoms with Crippen molar-refractivity contribution in [1.82, 2.24) is 10.3 Å². The Bertz CT molecular complexity index is 425. The largest absolute Gasteiger partial charge is 0.481 e. The van der Waals surface area contributed by atoms with Gasteiger partial charge in [0.15, 0.2) is 0 Å². The van der Waals surface area contributed by atoms with Crippen LogP contribution in [0.25, 0.3) is 0 Å². The van der Waals surface area contributed by atoms with Gasteiger partial charge in [-0.2, -0.15) is 0 Å². The third-order valence-electron chi connectivity index (χ3n) is 3.56. The fraction of sp³-hybridized carbons (Fsp3) is 0.571. The Morgan fingerprint density at radius 3 is 2.95 bits per heavy atom. The van der Waals surface area contributed by atoms with Gasteiger partial charge in [-0.25, -0.2) is 4.98 Å². The topological polar surface area (TPSA) is 63.2 Å². The van der Waals surface area contributed by atoms with Gasteiger partial charge in [0, 0.05) is 6.07 Å². The lowest BCUT2D eigenvalue weighted by Crippen LogP contribution is -2.50. The van der Waals surface area contributed by atoms with E-state index in [2.05, 4.69) is 22.5 Å². The van der Waals surface area contributed by atoms with Gasteiger partial charge in [0.1, 0.15) is 0 Å². The molecular formula is C14H21N3O2. The first-order chi connectivity index (χ1) is 9.20. The summed E-state index contributed by atoms with van der Waals surface area (Å²) in [4.78, 5) is 16.5. The predicted molar refractivity (Wildman–Crippen MR) is 74.3 cm³/mol. The first-order valence-corrected chi connectivity index (χ1v) is 6.77. The third kappa shape index (κ3) is 3.04. The molecule has 104 valence electrons. The zero-order valence-electron chi connectivity index (χ0n) is 11.5. The number of methoxy groups -OCH3 is 1. The van der Waals surface area contributed by atoms with E-state index < -0.39 is 5.54 Å². The molecule has 5 heteroatoms. The Morgan fingerprint density at radius 1 is 1.58 bits per heavy atom. The molecule has 2 N–H and O–H groups in total. The zero-order chi connectivity index (χ0) is 13.7. The van der Waals surface area contributed by atoms with Gasteiger partial charge in [0.2, 0.25) is 11.8 Å². The first kappa shape index (κ1) is 13.8. The van der Waals surface area contributed by atoms with E-state index in [1.807, 2.05) is 0 Å². The Morgan fingerprint density at radius 2 is 2.42 bits per heavy atom. The first-order valence-electron chi connectivity index (χ1n) is 6.77. The van der Waals surface area contributed by atoms with Crippen LogP contribution in [-0.4, -0.2) is 30.1 Å². The minimum atomic E-state index is -0.408. The average Bonchev–Trinajstić information content (AvgIpc) is 2.90. The summed E-state index contributed by atoms with van der Waals surface area (Å²) in [5.41, 5.74) is 0.296. The van der Waals surface area contributed by atoms with Crippen molar-refractivity contribution in [3.05, 3.63) is 18.3 Å². The molecule has 1 aliphatic rings. The minimum Gasteiger partial charge on any atom is -0.481 e. The molecule has 1 saturated heterocycles. The second-order valence-electron chi connectivity index (χ2n) is 4.91. The number of hydrogen-bond acceptors (Lipinski definition) is 4. The van der Waals surface area contributed by atoms with Crippen molar-refractivity contribution in [3.8, 4) is 5.88 Å². The molecule has 2 rings (SSSR count). The van der Waals surface area contributed by atoms with E-state index in [9.17, 15) is 4.79 Å². The molecule has 0 bridgehead atoms. The molecule has 1 aromatic heterocycles. The molecular weight excluding hydrogens is 242 g/mol. The Labute approximate surface area is 113 Å². The number of pyridine rings is 1. The number of nitrogens with one attached hydrogen (secondary N) is 2. The van der Waals surface area contributed by atoms with Crippen LogP contribution < -0.4 is 15.4 Å². The maximum atomic E-state index is 12.4. The van der Waals surface area contributed by atoms with Crippen molar-refractivity contribution in [2.45, 2.75) is 38.1 Å². The van der Waals surface area contributed by atoms with Crippen LogP contribution in [0.4, 0.5) is 5.69 Å². The van der Waals surface area contributed by atoms with Gasteiger partial charge < -0.3 is 15.4 Å². The van der Waals surface area contributed by atoms with E-state index in [0.29, 0.717) is 11.6 Å². The lowest BCUT2D eigenvalue weighted by molar-refractivity contribution is -0.122. The van der Waals surface area contributed by atoms with Gasteiger partial charge in [0.05, 0.1) is 24.5 Å². The van der Waals surface area contributed by atoms with E-state index in [1.165, 1.54) is 0 Å². The maximum Gasteiger partial charge on any atom is 0.244 e. The summed E-state index contributed by atoms with van der Waals surface area (Å²) in [6.07, 6.45) is 5.42. The van der Waals surface area contributed by atoms with Crippen LogP contribution in [0.2, 0.25) is 0 Å². The number of carbonyl (C=O) groups excluding carboxylic acids is 1. The number of amides is 1. The molecule has 0 aliphatic carbocycles. The maximum absolute atomic E-state index is 12.4. The van der Waals surface area contributed by atoms with E-state index in [0.717, 1.165) is 32.2 Å². The molecule has 0 radical (unpaired) electrons. The van der Waals surface area contributed by atoms with Crippen LogP contribution in [0.15, 0.2) is 18.3 Å². The SMILES string of the molecule is CCCC1(C(=O)Nc2ccc(OC)nc2)CCCN1. The van der Waals surface area contributed by atoms with Gasteiger partial charge in [0.25, 0.3) is 0 Å². The number of nitrogens with zero attached hydrogens (tertiary/aromatic N) is 1. The molecule has 5 nitrogen and oxygen atoms in total. The number of aromatic nitrogens is 1. The van der Waals surface area contributed by atoms with Crippen molar-refractivity contribution < 1.29 is 9.53 Å². The predicted octanol–water partition coefficient (Wildman–Crippen LogP) is 1.95. The van der Waals surface area contributed by atoms with Gasteiger partial charge in [-0.1, -0.05) is 13.3 Å². The van der Waals surface area contributed by atoms with Crippen molar-refractivity contribution in [1.29, 1.82) is 0 Å². The van der Waals surface area contributed by atoms with Crippen LogP contribution in [-0.2, 0) is 4.79 Å². The van der Waals surface area contributed by atoms with Crippen molar-refractivity contribution in [3.63, 3.8) is 0 Å². The summed E-state index contributed by atoms with van der Waals surface area (Å²) in [5, 5.41) is 6.30. The number of ether oxygens (including phenoxy) is 1.